The standard InChI is InChI=1S/C17H26ClN/c1-13(2)12-17(9-5-6-10-17)16(19)11-14-7-3-4-8-15(14)18/h3-4,7-8,13,16H,5-6,9-12,19H2,1-2H3. The van der Waals surface area contributed by atoms with Crippen LogP contribution in [0.2, 0.25) is 5.02 Å². The maximum Gasteiger partial charge on any atom is 0.0438 e. The minimum Gasteiger partial charge on any atom is -0.327 e. The molecule has 1 aliphatic carbocycles. The van der Waals surface area contributed by atoms with Crippen LogP contribution < -0.4 is 5.73 Å². The first-order valence-corrected chi connectivity index (χ1v) is 7.90. The quantitative estimate of drug-likeness (QED) is 0.822. The van der Waals surface area contributed by atoms with Crippen LogP contribution in [-0.4, -0.2) is 6.04 Å². The summed E-state index contributed by atoms with van der Waals surface area (Å²) in [5, 5.41) is 0.857. The summed E-state index contributed by atoms with van der Waals surface area (Å²) in [6.45, 7) is 4.62. The number of halogens is 1. The van der Waals surface area contributed by atoms with E-state index in [1.54, 1.807) is 0 Å². The van der Waals surface area contributed by atoms with E-state index in [2.05, 4.69) is 26.0 Å². The van der Waals surface area contributed by atoms with Gasteiger partial charge in [-0.05, 0) is 48.6 Å². The van der Waals surface area contributed by atoms with E-state index in [0.29, 0.717) is 5.41 Å². The molecule has 1 aliphatic rings. The van der Waals surface area contributed by atoms with Crippen molar-refractivity contribution in [2.75, 3.05) is 0 Å². The molecular weight excluding hydrogens is 254 g/mol. The predicted octanol–water partition coefficient (Wildman–Crippen LogP) is 4.82. The molecule has 19 heavy (non-hydrogen) atoms. The first kappa shape index (κ1) is 14.9. The Labute approximate surface area is 122 Å². The Kier molecular flexibility index (Phi) is 4.92. The molecule has 1 atom stereocenters. The van der Waals surface area contributed by atoms with Crippen molar-refractivity contribution in [3.63, 3.8) is 0 Å². The highest BCUT2D eigenvalue weighted by molar-refractivity contribution is 6.31. The number of rotatable bonds is 5. The van der Waals surface area contributed by atoms with Crippen molar-refractivity contribution in [2.24, 2.45) is 17.1 Å². The summed E-state index contributed by atoms with van der Waals surface area (Å²) in [5.74, 6) is 0.718. The van der Waals surface area contributed by atoms with Gasteiger partial charge in [-0.3, -0.25) is 0 Å². The van der Waals surface area contributed by atoms with Crippen molar-refractivity contribution in [1.82, 2.24) is 0 Å². The van der Waals surface area contributed by atoms with Gasteiger partial charge in [0.2, 0.25) is 0 Å². The van der Waals surface area contributed by atoms with Crippen molar-refractivity contribution >= 4 is 11.6 Å². The van der Waals surface area contributed by atoms with E-state index < -0.39 is 0 Å². The molecular formula is C17H26ClN. The van der Waals surface area contributed by atoms with Gasteiger partial charge in [0.15, 0.2) is 0 Å². The SMILES string of the molecule is CC(C)CC1(C(N)Cc2ccccc2Cl)CCCC1. The largest absolute Gasteiger partial charge is 0.327 e. The molecule has 0 aromatic heterocycles. The van der Waals surface area contributed by atoms with Crippen LogP contribution in [0.15, 0.2) is 24.3 Å². The summed E-state index contributed by atoms with van der Waals surface area (Å²) in [7, 11) is 0. The Balaban J connectivity index is 2.12. The first-order chi connectivity index (χ1) is 9.03. The van der Waals surface area contributed by atoms with E-state index >= 15 is 0 Å². The third-order valence-electron chi connectivity index (χ3n) is 4.60. The highest BCUT2D eigenvalue weighted by Crippen LogP contribution is 2.46. The van der Waals surface area contributed by atoms with Gasteiger partial charge in [0.1, 0.15) is 0 Å². The average Bonchev–Trinajstić information content (AvgIpc) is 2.81. The summed E-state index contributed by atoms with van der Waals surface area (Å²) in [6, 6.07) is 8.35. The van der Waals surface area contributed by atoms with Crippen LogP contribution in [0.5, 0.6) is 0 Å². The Hall–Kier alpha value is -0.530. The van der Waals surface area contributed by atoms with E-state index in [0.717, 1.165) is 17.4 Å². The lowest BCUT2D eigenvalue weighted by molar-refractivity contribution is 0.181. The molecule has 0 radical (unpaired) electrons. The van der Waals surface area contributed by atoms with Gasteiger partial charge in [-0.1, -0.05) is 56.5 Å². The molecule has 2 heteroatoms. The Morgan fingerprint density at radius 1 is 1.21 bits per heavy atom. The Morgan fingerprint density at radius 3 is 2.42 bits per heavy atom. The molecule has 1 unspecified atom stereocenters. The molecule has 1 saturated carbocycles. The minimum absolute atomic E-state index is 0.234. The van der Waals surface area contributed by atoms with Crippen molar-refractivity contribution in [2.45, 2.75) is 58.4 Å². The van der Waals surface area contributed by atoms with Crippen LogP contribution in [0.3, 0.4) is 0 Å². The predicted molar refractivity (Wildman–Crippen MR) is 83.5 cm³/mol. The molecule has 0 spiro atoms. The van der Waals surface area contributed by atoms with Crippen molar-refractivity contribution < 1.29 is 0 Å². The molecule has 1 fully saturated rings. The minimum atomic E-state index is 0.234. The summed E-state index contributed by atoms with van der Waals surface area (Å²) in [5.41, 5.74) is 8.15. The summed E-state index contributed by atoms with van der Waals surface area (Å²) >= 11 is 6.27. The van der Waals surface area contributed by atoms with Gasteiger partial charge in [-0.2, -0.15) is 0 Å². The highest BCUT2D eigenvalue weighted by atomic mass is 35.5. The van der Waals surface area contributed by atoms with Gasteiger partial charge in [0.25, 0.3) is 0 Å². The monoisotopic (exact) mass is 279 g/mol. The fourth-order valence-electron chi connectivity index (χ4n) is 3.74. The van der Waals surface area contributed by atoms with Crippen LogP contribution in [0, 0.1) is 11.3 Å². The molecule has 1 aromatic carbocycles. The summed E-state index contributed by atoms with van der Waals surface area (Å²) < 4.78 is 0. The third kappa shape index (κ3) is 3.52. The van der Waals surface area contributed by atoms with Gasteiger partial charge in [0, 0.05) is 11.1 Å². The van der Waals surface area contributed by atoms with Gasteiger partial charge < -0.3 is 5.73 Å². The Morgan fingerprint density at radius 2 is 1.84 bits per heavy atom. The second-order valence-corrected chi connectivity index (χ2v) is 6.98. The highest BCUT2D eigenvalue weighted by Gasteiger charge is 2.39. The van der Waals surface area contributed by atoms with E-state index in [1.807, 2.05) is 12.1 Å². The van der Waals surface area contributed by atoms with Gasteiger partial charge in [-0.15, -0.1) is 0 Å². The second kappa shape index (κ2) is 6.28. The molecule has 2 rings (SSSR count). The molecule has 0 amide bonds. The third-order valence-corrected chi connectivity index (χ3v) is 4.97. The van der Waals surface area contributed by atoms with Crippen molar-refractivity contribution in [3.8, 4) is 0 Å². The van der Waals surface area contributed by atoms with Gasteiger partial charge in [0.05, 0.1) is 0 Å². The van der Waals surface area contributed by atoms with E-state index in [-0.39, 0.29) is 6.04 Å². The van der Waals surface area contributed by atoms with Crippen molar-refractivity contribution in [3.05, 3.63) is 34.9 Å². The number of benzene rings is 1. The lowest BCUT2D eigenvalue weighted by Crippen LogP contribution is -2.42. The molecule has 2 N–H and O–H groups in total. The lowest BCUT2D eigenvalue weighted by atomic mass is 9.71. The normalized spacial score (nSPS) is 19.8. The molecule has 0 heterocycles. The van der Waals surface area contributed by atoms with Crippen LogP contribution >= 0.6 is 11.6 Å². The molecule has 0 saturated heterocycles. The zero-order valence-corrected chi connectivity index (χ0v) is 12.9. The van der Waals surface area contributed by atoms with Gasteiger partial charge in [-0.25, -0.2) is 0 Å². The fraction of sp³-hybridized carbons (Fsp3) is 0.647. The topological polar surface area (TPSA) is 26.0 Å². The number of hydrogen-bond acceptors (Lipinski definition) is 1. The van der Waals surface area contributed by atoms with Crippen LogP contribution in [0.4, 0.5) is 0 Å². The lowest BCUT2D eigenvalue weighted by Gasteiger charge is -2.37. The Bertz CT molecular complexity index is 407. The maximum atomic E-state index is 6.60. The molecule has 0 aliphatic heterocycles. The summed E-state index contributed by atoms with van der Waals surface area (Å²) in [6.07, 6.45) is 7.41. The second-order valence-electron chi connectivity index (χ2n) is 6.57. The first-order valence-electron chi connectivity index (χ1n) is 7.52. The fourth-order valence-corrected chi connectivity index (χ4v) is 3.95. The van der Waals surface area contributed by atoms with Crippen molar-refractivity contribution in [1.29, 1.82) is 0 Å². The van der Waals surface area contributed by atoms with E-state index in [1.165, 1.54) is 37.7 Å². The zero-order valence-electron chi connectivity index (χ0n) is 12.2. The van der Waals surface area contributed by atoms with Crippen LogP contribution in [-0.2, 0) is 6.42 Å². The molecule has 106 valence electrons. The summed E-state index contributed by atoms with van der Waals surface area (Å²) in [4.78, 5) is 0. The van der Waals surface area contributed by atoms with Gasteiger partial charge >= 0.3 is 0 Å². The number of nitrogens with two attached hydrogens (primary N) is 1. The maximum absolute atomic E-state index is 6.60. The van der Waals surface area contributed by atoms with Crippen LogP contribution in [0.25, 0.3) is 0 Å². The van der Waals surface area contributed by atoms with E-state index in [9.17, 15) is 0 Å². The number of hydrogen-bond donors (Lipinski definition) is 1. The zero-order chi connectivity index (χ0) is 13.9. The average molecular weight is 280 g/mol. The smallest absolute Gasteiger partial charge is 0.0438 e. The van der Waals surface area contributed by atoms with Crippen LogP contribution in [0.1, 0.15) is 51.5 Å². The molecule has 1 aromatic rings. The van der Waals surface area contributed by atoms with E-state index in [4.69, 9.17) is 17.3 Å². The molecule has 1 nitrogen and oxygen atoms in total. The molecule has 0 bridgehead atoms.